The molecule has 0 saturated heterocycles. The minimum Gasteiger partial charge on any atom is -0.489 e. The van der Waals surface area contributed by atoms with Crippen molar-refractivity contribution in [3.63, 3.8) is 0 Å². The highest BCUT2D eigenvalue weighted by Crippen LogP contribution is 2.26. The first kappa shape index (κ1) is 18.5. The molecule has 2 aromatic carbocycles. The molecule has 0 amide bonds. The predicted octanol–water partition coefficient (Wildman–Crippen LogP) is 2.45. The van der Waals surface area contributed by atoms with Gasteiger partial charge in [-0.05, 0) is 18.2 Å². The summed E-state index contributed by atoms with van der Waals surface area (Å²) in [6.45, 7) is 0.346. The molecular formula is C15H18ClN3O4. The van der Waals surface area contributed by atoms with Crippen LogP contribution in [0.3, 0.4) is 0 Å². The van der Waals surface area contributed by atoms with Gasteiger partial charge in [0.1, 0.15) is 18.5 Å². The van der Waals surface area contributed by atoms with Crippen LogP contribution in [0.1, 0.15) is 0 Å². The van der Waals surface area contributed by atoms with E-state index in [4.69, 9.17) is 10.5 Å². The van der Waals surface area contributed by atoms with Crippen LogP contribution in [0.25, 0.3) is 0 Å². The van der Waals surface area contributed by atoms with Crippen molar-refractivity contribution in [2.45, 2.75) is 6.10 Å². The van der Waals surface area contributed by atoms with E-state index in [1.165, 1.54) is 18.2 Å². The molecule has 1 unspecified atom stereocenters. The number of aliphatic hydroxyl groups excluding tert-OH is 1. The van der Waals surface area contributed by atoms with Crippen LogP contribution < -0.4 is 15.8 Å². The molecule has 124 valence electrons. The number of nitrogens with one attached hydrogen (secondary N) is 1. The number of benzene rings is 2. The predicted molar refractivity (Wildman–Crippen MR) is 91.2 cm³/mol. The van der Waals surface area contributed by atoms with Gasteiger partial charge < -0.3 is 20.9 Å². The van der Waals surface area contributed by atoms with Gasteiger partial charge in [0.05, 0.1) is 10.6 Å². The van der Waals surface area contributed by atoms with Gasteiger partial charge in [-0.3, -0.25) is 10.1 Å². The fraction of sp³-hybridized carbons (Fsp3) is 0.200. The van der Waals surface area contributed by atoms with Crippen molar-refractivity contribution in [3.8, 4) is 5.75 Å². The first-order valence-electron chi connectivity index (χ1n) is 6.70. The van der Waals surface area contributed by atoms with Crippen molar-refractivity contribution in [1.82, 2.24) is 0 Å². The molecule has 2 aromatic rings. The summed E-state index contributed by atoms with van der Waals surface area (Å²) in [6.07, 6.45) is -0.741. The molecule has 0 aliphatic heterocycles. The first-order valence-corrected chi connectivity index (χ1v) is 6.70. The van der Waals surface area contributed by atoms with Gasteiger partial charge in [0.2, 0.25) is 0 Å². The highest BCUT2D eigenvalue weighted by atomic mass is 35.5. The maximum Gasteiger partial charge on any atom is 0.271 e. The second-order valence-corrected chi connectivity index (χ2v) is 4.69. The summed E-state index contributed by atoms with van der Waals surface area (Å²) in [4.78, 5) is 10.1. The number of anilines is 2. The zero-order chi connectivity index (χ0) is 15.9. The number of non-ortho nitro benzene ring substituents is 1. The van der Waals surface area contributed by atoms with Crippen molar-refractivity contribution in [2.24, 2.45) is 0 Å². The number of nitro benzene ring substituents is 1. The Kier molecular flexibility index (Phi) is 7.11. The maximum absolute atomic E-state index is 10.6. The molecular weight excluding hydrogens is 322 g/mol. The lowest BCUT2D eigenvalue weighted by Crippen LogP contribution is -2.26. The number of nitrogen functional groups attached to an aromatic ring is 1. The van der Waals surface area contributed by atoms with Gasteiger partial charge >= 0.3 is 0 Å². The number of hydrogen-bond acceptors (Lipinski definition) is 6. The van der Waals surface area contributed by atoms with Crippen molar-refractivity contribution in [1.29, 1.82) is 0 Å². The van der Waals surface area contributed by atoms with Crippen LogP contribution in [0.2, 0.25) is 0 Å². The van der Waals surface area contributed by atoms with Crippen LogP contribution in [0.4, 0.5) is 17.1 Å². The Morgan fingerprint density at radius 3 is 2.57 bits per heavy atom. The average Bonchev–Trinajstić information content (AvgIpc) is 2.52. The second-order valence-electron chi connectivity index (χ2n) is 4.69. The number of halogens is 1. The van der Waals surface area contributed by atoms with E-state index < -0.39 is 11.0 Å². The molecule has 0 saturated carbocycles. The van der Waals surface area contributed by atoms with E-state index in [-0.39, 0.29) is 30.4 Å². The lowest BCUT2D eigenvalue weighted by Gasteiger charge is -2.15. The normalized spacial score (nSPS) is 11.2. The van der Waals surface area contributed by atoms with Crippen LogP contribution in [0.15, 0.2) is 48.5 Å². The Bertz CT molecular complexity index is 640. The Balaban J connectivity index is 0.00000264. The number of aliphatic hydroxyl groups is 1. The number of ether oxygens (including phenoxy) is 1. The van der Waals surface area contributed by atoms with Crippen molar-refractivity contribution < 1.29 is 14.8 Å². The van der Waals surface area contributed by atoms with Gasteiger partial charge in [0.25, 0.3) is 5.69 Å². The molecule has 7 nitrogen and oxygen atoms in total. The third-order valence-electron chi connectivity index (χ3n) is 2.95. The van der Waals surface area contributed by atoms with Crippen molar-refractivity contribution in [2.75, 3.05) is 24.2 Å². The summed E-state index contributed by atoms with van der Waals surface area (Å²) in [5.41, 5.74) is 6.65. The van der Waals surface area contributed by atoms with Gasteiger partial charge in [-0.1, -0.05) is 18.2 Å². The minimum atomic E-state index is -0.741. The molecule has 0 bridgehead atoms. The van der Waals surface area contributed by atoms with Crippen LogP contribution >= 0.6 is 12.4 Å². The van der Waals surface area contributed by atoms with Gasteiger partial charge in [0.15, 0.2) is 0 Å². The molecule has 2 rings (SSSR count). The van der Waals surface area contributed by atoms with E-state index in [2.05, 4.69) is 5.32 Å². The lowest BCUT2D eigenvalue weighted by atomic mass is 10.2. The highest BCUT2D eigenvalue weighted by Gasteiger charge is 2.11. The van der Waals surface area contributed by atoms with E-state index in [1.807, 2.05) is 30.3 Å². The van der Waals surface area contributed by atoms with Crippen molar-refractivity contribution >= 4 is 29.5 Å². The molecule has 8 heteroatoms. The minimum absolute atomic E-state index is 0. The monoisotopic (exact) mass is 339 g/mol. The van der Waals surface area contributed by atoms with Gasteiger partial charge in [-0.25, -0.2) is 0 Å². The number of para-hydroxylation sites is 1. The highest BCUT2D eigenvalue weighted by molar-refractivity contribution is 5.85. The molecule has 0 aliphatic rings. The molecule has 0 fully saturated rings. The SMILES string of the molecule is Cl.Nc1cc([N+](=O)[O-])ccc1OCC(O)CNc1ccccc1. The maximum atomic E-state index is 10.6. The third-order valence-corrected chi connectivity index (χ3v) is 2.95. The van der Waals surface area contributed by atoms with Gasteiger partial charge in [0, 0.05) is 24.4 Å². The number of nitrogens with zero attached hydrogens (tertiary/aromatic N) is 1. The Labute approximate surface area is 139 Å². The van der Waals surface area contributed by atoms with E-state index in [1.54, 1.807) is 0 Å². The second kappa shape index (κ2) is 8.82. The summed E-state index contributed by atoms with van der Waals surface area (Å²) in [7, 11) is 0. The number of nitro groups is 1. The average molecular weight is 340 g/mol. The third kappa shape index (κ3) is 5.65. The van der Waals surface area contributed by atoms with Gasteiger partial charge in [-0.2, -0.15) is 0 Å². The summed E-state index contributed by atoms with van der Waals surface area (Å²) >= 11 is 0. The molecule has 0 aliphatic carbocycles. The molecule has 4 N–H and O–H groups in total. The Morgan fingerprint density at radius 1 is 1.26 bits per heavy atom. The van der Waals surface area contributed by atoms with Crippen molar-refractivity contribution in [3.05, 3.63) is 58.6 Å². The molecule has 0 radical (unpaired) electrons. The lowest BCUT2D eigenvalue weighted by molar-refractivity contribution is -0.384. The largest absolute Gasteiger partial charge is 0.489 e. The summed E-state index contributed by atoms with van der Waals surface area (Å²) < 4.78 is 5.38. The van der Waals surface area contributed by atoms with E-state index in [0.29, 0.717) is 12.3 Å². The van der Waals surface area contributed by atoms with Crippen LogP contribution in [-0.2, 0) is 0 Å². The van der Waals surface area contributed by atoms with Crippen LogP contribution in [0.5, 0.6) is 5.75 Å². The summed E-state index contributed by atoms with van der Waals surface area (Å²) in [5.74, 6) is 0.310. The fourth-order valence-electron chi connectivity index (χ4n) is 1.82. The molecule has 0 heterocycles. The number of hydrogen-bond donors (Lipinski definition) is 3. The smallest absolute Gasteiger partial charge is 0.271 e. The van der Waals surface area contributed by atoms with E-state index in [9.17, 15) is 15.2 Å². The summed E-state index contributed by atoms with van der Waals surface area (Å²) in [5, 5.41) is 23.5. The Morgan fingerprint density at radius 2 is 1.96 bits per heavy atom. The standard InChI is InChI=1S/C15H17N3O4.ClH/c16-14-8-12(18(20)21)6-7-15(14)22-10-13(19)9-17-11-4-2-1-3-5-11;/h1-8,13,17,19H,9-10,16H2;1H. The van der Waals surface area contributed by atoms with Gasteiger partial charge in [-0.15, -0.1) is 12.4 Å². The number of nitrogens with two attached hydrogens (primary N) is 1. The van der Waals surface area contributed by atoms with Crippen LogP contribution in [-0.4, -0.2) is 29.3 Å². The first-order chi connectivity index (χ1) is 10.6. The topological polar surface area (TPSA) is 111 Å². The van der Waals surface area contributed by atoms with E-state index >= 15 is 0 Å². The molecule has 23 heavy (non-hydrogen) atoms. The molecule has 0 spiro atoms. The Hall–Kier alpha value is -2.51. The molecule has 0 aromatic heterocycles. The van der Waals surface area contributed by atoms with E-state index in [0.717, 1.165) is 5.69 Å². The fourth-order valence-corrected chi connectivity index (χ4v) is 1.82. The quantitative estimate of drug-likeness (QED) is 0.406. The van der Waals surface area contributed by atoms with Crippen LogP contribution in [0, 0.1) is 10.1 Å². The number of rotatable bonds is 7. The summed E-state index contributed by atoms with van der Waals surface area (Å²) in [6, 6.07) is 13.4. The molecule has 1 atom stereocenters. The zero-order valence-corrected chi connectivity index (χ0v) is 13.0. The zero-order valence-electron chi connectivity index (χ0n) is 12.2.